The molecule has 7 nitrogen and oxygen atoms in total. The second-order valence-electron chi connectivity index (χ2n) is 5.69. The molecule has 0 atom stereocenters. The van der Waals surface area contributed by atoms with Gasteiger partial charge in [0.25, 0.3) is 11.5 Å². The van der Waals surface area contributed by atoms with Crippen LogP contribution in [0.25, 0.3) is 0 Å². The summed E-state index contributed by atoms with van der Waals surface area (Å²) in [7, 11) is 0. The molecule has 0 fully saturated rings. The molecule has 0 unspecified atom stereocenters. The van der Waals surface area contributed by atoms with Gasteiger partial charge in [-0.1, -0.05) is 30.3 Å². The number of hydrogen-bond donors (Lipinski definition) is 1. The molecule has 2 aromatic rings. The van der Waals surface area contributed by atoms with Gasteiger partial charge in [0.1, 0.15) is 5.69 Å². The van der Waals surface area contributed by atoms with Gasteiger partial charge in [-0.25, -0.2) is 4.68 Å². The number of rotatable bonds is 6. The summed E-state index contributed by atoms with van der Waals surface area (Å²) in [5.74, 6) is -1.04. The zero-order valence-electron chi connectivity index (χ0n) is 13.7. The number of benzene rings is 1. The largest absolute Gasteiger partial charge is 0.368 e. The standard InChI is InChI=1S/C17H20N4O3/c1-12(2)20(11-15(18)22)17(24)14-8-9-16(23)21(19-14)10-13-6-4-3-5-7-13/h3-9,12H,10-11H2,1-2H3,(H2,18,22). The van der Waals surface area contributed by atoms with E-state index in [1.807, 2.05) is 30.3 Å². The first-order chi connectivity index (χ1) is 11.4. The number of primary amides is 1. The Hall–Kier alpha value is -2.96. The molecule has 0 spiro atoms. The van der Waals surface area contributed by atoms with E-state index in [9.17, 15) is 14.4 Å². The van der Waals surface area contributed by atoms with Gasteiger partial charge < -0.3 is 10.6 Å². The fourth-order valence-electron chi connectivity index (χ4n) is 2.24. The molecular formula is C17H20N4O3. The molecule has 0 saturated carbocycles. The quantitative estimate of drug-likeness (QED) is 0.840. The normalized spacial score (nSPS) is 10.6. The molecule has 126 valence electrons. The van der Waals surface area contributed by atoms with Crippen molar-refractivity contribution >= 4 is 11.8 Å². The maximum Gasteiger partial charge on any atom is 0.274 e. The Balaban J connectivity index is 2.31. The first-order valence-electron chi connectivity index (χ1n) is 7.60. The van der Waals surface area contributed by atoms with Crippen molar-refractivity contribution in [2.24, 2.45) is 5.73 Å². The summed E-state index contributed by atoms with van der Waals surface area (Å²) in [4.78, 5) is 37.0. The van der Waals surface area contributed by atoms with Gasteiger partial charge in [0.05, 0.1) is 13.1 Å². The molecule has 0 saturated heterocycles. The second kappa shape index (κ2) is 7.54. The zero-order valence-corrected chi connectivity index (χ0v) is 13.7. The number of aromatic nitrogens is 2. The van der Waals surface area contributed by atoms with E-state index in [4.69, 9.17) is 5.73 Å². The van der Waals surface area contributed by atoms with Crippen LogP contribution < -0.4 is 11.3 Å². The fraction of sp³-hybridized carbons (Fsp3) is 0.294. The van der Waals surface area contributed by atoms with Gasteiger partial charge in [0.15, 0.2) is 0 Å². The zero-order chi connectivity index (χ0) is 17.7. The van der Waals surface area contributed by atoms with Crippen LogP contribution in [0.1, 0.15) is 29.9 Å². The molecule has 0 aliphatic carbocycles. The average molecular weight is 328 g/mol. The molecule has 0 aliphatic rings. The topological polar surface area (TPSA) is 98.3 Å². The summed E-state index contributed by atoms with van der Waals surface area (Å²) in [6.45, 7) is 3.62. The number of carbonyl (C=O) groups is 2. The molecule has 24 heavy (non-hydrogen) atoms. The van der Waals surface area contributed by atoms with E-state index >= 15 is 0 Å². The Morgan fingerprint density at radius 3 is 2.42 bits per heavy atom. The van der Waals surface area contributed by atoms with Crippen molar-refractivity contribution in [1.82, 2.24) is 14.7 Å². The SMILES string of the molecule is CC(C)N(CC(N)=O)C(=O)c1ccc(=O)n(Cc2ccccc2)n1. The molecule has 1 aromatic heterocycles. The maximum absolute atomic E-state index is 12.6. The third kappa shape index (κ3) is 4.28. The third-order valence-corrected chi connectivity index (χ3v) is 3.47. The van der Waals surface area contributed by atoms with Crippen LogP contribution in [0.5, 0.6) is 0 Å². The molecular weight excluding hydrogens is 308 g/mol. The van der Waals surface area contributed by atoms with Crippen LogP contribution in [-0.4, -0.2) is 39.1 Å². The number of hydrogen-bond acceptors (Lipinski definition) is 4. The molecule has 2 N–H and O–H groups in total. The van der Waals surface area contributed by atoms with Crippen molar-refractivity contribution < 1.29 is 9.59 Å². The van der Waals surface area contributed by atoms with E-state index in [0.29, 0.717) is 0 Å². The summed E-state index contributed by atoms with van der Waals surface area (Å²) < 4.78 is 1.23. The van der Waals surface area contributed by atoms with E-state index < -0.39 is 11.8 Å². The monoisotopic (exact) mass is 328 g/mol. The number of nitrogens with two attached hydrogens (primary N) is 1. The highest BCUT2D eigenvalue weighted by atomic mass is 16.2. The summed E-state index contributed by atoms with van der Waals surface area (Å²) >= 11 is 0. The fourth-order valence-corrected chi connectivity index (χ4v) is 2.24. The minimum atomic E-state index is -0.602. The predicted octanol–water partition coefficient (Wildman–Crippen LogP) is 0.627. The molecule has 0 bridgehead atoms. The Bertz CT molecular complexity index is 784. The lowest BCUT2D eigenvalue weighted by Crippen LogP contribution is -2.43. The highest BCUT2D eigenvalue weighted by molar-refractivity contribution is 5.94. The van der Waals surface area contributed by atoms with Crippen LogP contribution in [0.2, 0.25) is 0 Å². The molecule has 2 rings (SSSR count). The lowest BCUT2D eigenvalue weighted by molar-refractivity contribution is -0.119. The van der Waals surface area contributed by atoms with Crippen molar-refractivity contribution in [3.05, 3.63) is 64.1 Å². The number of carbonyl (C=O) groups excluding carboxylic acids is 2. The first kappa shape index (κ1) is 17.4. The molecule has 1 heterocycles. The van der Waals surface area contributed by atoms with Crippen LogP contribution in [-0.2, 0) is 11.3 Å². The second-order valence-corrected chi connectivity index (χ2v) is 5.69. The van der Waals surface area contributed by atoms with Crippen molar-refractivity contribution in [3.8, 4) is 0 Å². The van der Waals surface area contributed by atoms with Crippen molar-refractivity contribution in [2.45, 2.75) is 26.4 Å². The highest BCUT2D eigenvalue weighted by Crippen LogP contribution is 2.06. The van der Waals surface area contributed by atoms with E-state index in [-0.39, 0.29) is 30.4 Å². The first-order valence-corrected chi connectivity index (χ1v) is 7.60. The molecule has 7 heteroatoms. The minimum absolute atomic E-state index is 0.0977. The lowest BCUT2D eigenvalue weighted by Gasteiger charge is -2.25. The van der Waals surface area contributed by atoms with Gasteiger partial charge in [0, 0.05) is 12.1 Å². The van der Waals surface area contributed by atoms with Crippen molar-refractivity contribution in [3.63, 3.8) is 0 Å². The Morgan fingerprint density at radius 1 is 1.17 bits per heavy atom. The van der Waals surface area contributed by atoms with Crippen LogP contribution in [0, 0.1) is 0 Å². The Kier molecular flexibility index (Phi) is 5.47. The summed E-state index contributed by atoms with van der Waals surface area (Å²) in [5, 5.41) is 4.14. The number of nitrogens with zero attached hydrogens (tertiary/aromatic N) is 3. The van der Waals surface area contributed by atoms with E-state index in [1.54, 1.807) is 13.8 Å². The third-order valence-electron chi connectivity index (χ3n) is 3.47. The van der Waals surface area contributed by atoms with Gasteiger partial charge >= 0.3 is 0 Å². The maximum atomic E-state index is 12.6. The van der Waals surface area contributed by atoms with Gasteiger partial charge in [-0.15, -0.1) is 0 Å². The predicted molar refractivity (Wildman–Crippen MR) is 89.4 cm³/mol. The van der Waals surface area contributed by atoms with E-state index in [2.05, 4.69) is 5.10 Å². The summed E-state index contributed by atoms with van der Waals surface area (Å²) in [6, 6.07) is 11.8. The summed E-state index contributed by atoms with van der Waals surface area (Å²) in [5.41, 5.74) is 5.89. The minimum Gasteiger partial charge on any atom is -0.368 e. The smallest absolute Gasteiger partial charge is 0.274 e. The van der Waals surface area contributed by atoms with Crippen LogP contribution >= 0.6 is 0 Å². The van der Waals surface area contributed by atoms with Crippen molar-refractivity contribution in [2.75, 3.05) is 6.54 Å². The van der Waals surface area contributed by atoms with Crippen molar-refractivity contribution in [1.29, 1.82) is 0 Å². The van der Waals surface area contributed by atoms with E-state index in [1.165, 1.54) is 21.7 Å². The highest BCUT2D eigenvalue weighted by Gasteiger charge is 2.22. The van der Waals surface area contributed by atoms with Gasteiger partial charge in [0.2, 0.25) is 5.91 Å². The molecule has 0 radical (unpaired) electrons. The van der Waals surface area contributed by atoms with E-state index in [0.717, 1.165) is 5.56 Å². The Morgan fingerprint density at radius 2 is 1.83 bits per heavy atom. The molecule has 1 aromatic carbocycles. The summed E-state index contributed by atoms with van der Waals surface area (Å²) in [6.07, 6.45) is 0. The van der Waals surface area contributed by atoms with Gasteiger partial charge in [-0.05, 0) is 25.5 Å². The van der Waals surface area contributed by atoms with Crippen LogP contribution in [0.4, 0.5) is 0 Å². The average Bonchev–Trinajstić information content (AvgIpc) is 2.54. The molecule has 0 aliphatic heterocycles. The number of amides is 2. The molecule has 2 amide bonds. The van der Waals surface area contributed by atoms with Crippen LogP contribution in [0.3, 0.4) is 0 Å². The van der Waals surface area contributed by atoms with Gasteiger partial charge in [-0.2, -0.15) is 5.10 Å². The lowest BCUT2D eigenvalue weighted by atomic mass is 10.2. The van der Waals surface area contributed by atoms with Crippen LogP contribution in [0.15, 0.2) is 47.3 Å². The Labute approximate surface area is 139 Å². The van der Waals surface area contributed by atoms with Gasteiger partial charge in [-0.3, -0.25) is 14.4 Å².